The van der Waals surface area contributed by atoms with Gasteiger partial charge in [0.2, 0.25) is 0 Å². The first-order valence-electron chi connectivity index (χ1n) is 5.50. The molecule has 19 heavy (non-hydrogen) atoms. The van der Waals surface area contributed by atoms with Crippen molar-refractivity contribution in [1.29, 1.82) is 0 Å². The molecule has 0 bridgehead atoms. The average Bonchev–Trinajstić information content (AvgIpc) is 2.68. The van der Waals surface area contributed by atoms with E-state index in [1.165, 1.54) is 13.2 Å². The maximum absolute atomic E-state index is 13.5. The van der Waals surface area contributed by atoms with E-state index >= 15 is 0 Å². The number of nitrogens with zero attached hydrogens (tertiary/aromatic N) is 2. The number of esters is 1. The van der Waals surface area contributed by atoms with Crippen LogP contribution in [0.15, 0.2) is 16.6 Å². The van der Waals surface area contributed by atoms with E-state index in [1.807, 2.05) is 0 Å². The lowest BCUT2D eigenvalue weighted by Gasteiger charge is -2.09. The van der Waals surface area contributed by atoms with Crippen molar-refractivity contribution in [3.05, 3.63) is 28.2 Å². The van der Waals surface area contributed by atoms with Crippen LogP contribution in [0.4, 0.5) is 4.39 Å². The van der Waals surface area contributed by atoms with Crippen molar-refractivity contribution < 1.29 is 13.9 Å². The topological polar surface area (TPSA) is 44.1 Å². The molecule has 1 unspecified atom stereocenters. The maximum atomic E-state index is 13.5. The lowest BCUT2D eigenvalue weighted by atomic mass is 10.3. The number of hydrogen-bond donors (Lipinski definition) is 0. The van der Waals surface area contributed by atoms with Gasteiger partial charge in [-0.25, -0.2) is 9.37 Å². The summed E-state index contributed by atoms with van der Waals surface area (Å²) in [7, 11) is 1.31. The molecule has 0 aliphatic carbocycles. The summed E-state index contributed by atoms with van der Waals surface area (Å²) in [4.78, 5) is 15.7. The number of rotatable bonds is 3. The lowest BCUT2D eigenvalue weighted by Crippen LogP contribution is -2.14. The number of carbonyl (C=O) groups excluding carboxylic acids is 1. The van der Waals surface area contributed by atoms with Gasteiger partial charge in [0.05, 0.1) is 28.0 Å². The lowest BCUT2D eigenvalue weighted by molar-refractivity contribution is -0.141. The highest BCUT2D eigenvalue weighted by atomic mass is 79.9. The van der Waals surface area contributed by atoms with Gasteiger partial charge in [-0.1, -0.05) is 0 Å². The molecule has 0 spiro atoms. The van der Waals surface area contributed by atoms with E-state index < -0.39 is 17.2 Å². The van der Waals surface area contributed by atoms with E-state index in [2.05, 4.69) is 25.7 Å². The number of methoxy groups -OCH3 is 1. The van der Waals surface area contributed by atoms with Crippen LogP contribution < -0.4 is 0 Å². The zero-order valence-electron chi connectivity index (χ0n) is 10.3. The SMILES string of the molecule is COC(=O)Cn1c(C(C)Cl)nc2cc(F)c(Br)cc21. The quantitative estimate of drug-likeness (QED) is 0.630. The highest BCUT2D eigenvalue weighted by Gasteiger charge is 2.18. The summed E-state index contributed by atoms with van der Waals surface area (Å²) in [5, 5.41) is -0.404. The molecule has 0 saturated carbocycles. The Morgan fingerprint density at radius 3 is 2.89 bits per heavy atom. The van der Waals surface area contributed by atoms with Crippen LogP contribution >= 0.6 is 27.5 Å². The van der Waals surface area contributed by atoms with Crippen molar-refractivity contribution in [3.63, 3.8) is 0 Å². The molecule has 1 aromatic carbocycles. The molecule has 7 heteroatoms. The Morgan fingerprint density at radius 1 is 1.63 bits per heavy atom. The van der Waals surface area contributed by atoms with Crippen molar-refractivity contribution in [1.82, 2.24) is 9.55 Å². The van der Waals surface area contributed by atoms with Gasteiger partial charge in [-0.2, -0.15) is 0 Å². The molecule has 0 N–H and O–H groups in total. The highest BCUT2D eigenvalue weighted by Crippen LogP contribution is 2.28. The third-order valence-electron chi connectivity index (χ3n) is 2.69. The van der Waals surface area contributed by atoms with E-state index in [0.717, 1.165) is 0 Å². The van der Waals surface area contributed by atoms with Crippen LogP contribution in [0, 0.1) is 5.82 Å². The number of halogens is 3. The summed E-state index contributed by atoms with van der Waals surface area (Å²) >= 11 is 9.16. The number of imidazole rings is 1. The molecule has 0 radical (unpaired) electrons. The van der Waals surface area contributed by atoms with Crippen LogP contribution in [0.1, 0.15) is 18.1 Å². The molecule has 0 saturated heterocycles. The van der Waals surface area contributed by atoms with Crippen molar-refractivity contribution in [2.24, 2.45) is 0 Å². The number of aromatic nitrogens is 2. The first kappa shape index (κ1) is 14.3. The molecule has 0 fully saturated rings. The molecule has 2 rings (SSSR count). The van der Waals surface area contributed by atoms with Crippen molar-refractivity contribution >= 4 is 44.5 Å². The second kappa shape index (κ2) is 5.46. The van der Waals surface area contributed by atoms with Gasteiger partial charge in [0.1, 0.15) is 18.2 Å². The standard InChI is InChI=1S/C12H11BrClFN2O2/c1-6(14)12-16-9-4-8(15)7(13)3-10(9)17(12)5-11(18)19-2/h3-4,6H,5H2,1-2H3. The van der Waals surface area contributed by atoms with Crippen LogP contribution in [0.5, 0.6) is 0 Å². The largest absolute Gasteiger partial charge is 0.468 e. The first-order valence-corrected chi connectivity index (χ1v) is 6.73. The minimum atomic E-state index is -0.418. The summed E-state index contributed by atoms with van der Waals surface area (Å²) in [6, 6.07) is 2.87. The molecule has 0 aliphatic rings. The Morgan fingerprint density at radius 2 is 2.32 bits per heavy atom. The fourth-order valence-electron chi connectivity index (χ4n) is 1.80. The Kier molecular flexibility index (Phi) is 4.10. The van der Waals surface area contributed by atoms with Gasteiger partial charge >= 0.3 is 5.97 Å². The molecule has 0 amide bonds. The number of ether oxygens (including phenoxy) is 1. The zero-order valence-corrected chi connectivity index (χ0v) is 12.6. The molecule has 102 valence electrons. The van der Waals surface area contributed by atoms with Crippen LogP contribution in [0.3, 0.4) is 0 Å². The average molecular weight is 350 g/mol. The van der Waals surface area contributed by atoms with E-state index in [4.69, 9.17) is 11.6 Å². The van der Waals surface area contributed by atoms with Gasteiger partial charge in [-0.15, -0.1) is 11.6 Å². The first-order chi connectivity index (χ1) is 8.93. The zero-order chi connectivity index (χ0) is 14.2. The van der Waals surface area contributed by atoms with Crippen LogP contribution in [0.2, 0.25) is 0 Å². The highest BCUT2D eigenvalue weighted by molar-refractivity contribution is 9.10. The van der Waals surface area contributed by atoms with Gasteiger partial charge in [-0.3, -0.25) is 4.79 Å². The number of benzene rings is 1. The molecule has 1 aromatic heterocycles. The molecule has 4 nitrogen and oxygen atoms in total. The van der Waals surface area contributed by atoms with E-state index in [9.17, 15) is 9.18 Å². The molecule has 1 heterocycles. The molecular weight excluding hydrogens is 338 g/mol. The van der Waals surface area contributed by atoms with E-state index in [1.54, 1.807) is 17.6 Å². The van der Waals surface area contributed by atoms with Gasteiger partial charge in [0, 0.05) is 6.07 Å². The normalized spacial score (nSPS) is 12.7. The fraction of sp³-hybridized carbons (Fsp3) is 0.333. The third kappa shape index (κ3) is 2.74. The third-order valence-corrected chi connectivity index (χ3v) is 3.49. The summed E-state index contributed by atoms with van der Waals surface area (Å²) in [6.45, 7) is 1.72. The molecule has 2 aromatic rings. The van der Waals surface area contributed by atoms with Crippen molar-refractivity contribution in [2.75, 3.05) is 7.11 Å². The van der Waals surface area contributed by atoms with E-state index in [-0.39, 0.29) is 6.54 Å². The maximum Gasteiger partial charge on any atom is 0.325 e. The number of alkyl halides is 1. The number of fused-ring (bicyclic) bond motifs is 1. The predicted molar refractivity (Wildman–Crippen MR) is 73.7 cm³/mol. The van der Waals surface area contributed by atoms with Crippen LogP contribution in [-0.2, 0) is 16.1 Å². The second-order valence-electron chi connectivity index (χ2n) is 4.00. The summed E-state index contributed by atoms with van der Waals surface area (Å²) in [6.07, 6.45) is 0. The van der Waals surface area contributed by atoms with Gasteiger partial charge in [-0.05, 0) is 28.9 Å². The second-order valence-corrected chi connectivity index (χ2v) is 5.51. The molecule has 1 atom stereocenters. The Bertz CT molecular complexity index is 642. The van der Waals surface area contributed by atoms with Gasteiger partial charge in [0.25, 0.3) is 0 Å². The number of carbonyl (C=O) groups is 1. The number of hydrogen-bond acceptors (Lipinski definition) is 3. The fourth-order valence-corrected chi connectivity index (χ4v) is 2.30. The Balaban J connectivity index is 2.65. The minimum Gasteiger partial charge on any atom is -0.468 e. The van der Waals surface area contributed by atoms with Crippen LogP contribution in [0.25, 0.3) is 11.0 Å². The monoisotopic (exact) mass is 348 g/mol. The Labute approximate surface area is 122 Å². The van der Waals surface area contributed by atoms with Gasteiger partial charge in [0.15, 0.2) is 0 Å². The smallest absolute Gasteiger partial charge is 0.325 e. The van der Waals surface area contributed by atoms with Crippen LogP contribution in [-0.4, -0.2) is 22.6 Å². The minimum absolute atomic E-state index is 0.0164. The molecular formula is C12H11BrClFN2O2. The molecule has 0 aliphatic heterocycles. The summed E-state index contributed by atoms with van der Waals surface area (Å²) in [5.74, 6) is -0.332. The van der Waals surface area contributed by atoms with Crippen molar-refractivity contribution in [2.45, 2.75) is 18.8 Å². The van der Waals surface area contributed by atoms with Gasteiger partial charge < -0.3 is 9.30 Å². The predicted octanol–water partition coefficient (Wildman–Crippen LogP) is 3.41. The summed E-state index contributed by atoms with van der Waals surface area (Å²) < 4.78 is 20.1. The van der Waals surface area contributed by atoms with Crippen molar-refractivity contribution in [3.8, 4) is 0 Å². The summed E-state index contributed by atoms with van der Waals surface area (Å²) in [5.41, 5.74) is 1.08. The Hall–Kier alpha value is -1.14. The van der Waals surface area contributed by atoms with E-state index in [0.29, 0.717) is 21.3 Å².